The summed E-state index contributed by atoms with van der Waals surface area (Å²) in [5.74, 6) is 0.933. The third kappa shape index (κ3) is 3.39. The Balaban J connectivity index is 1.30. The zero-order chi connectivity index (χ0) is 16.5. The minimum atomic E-state index is 0.0211. The summed E-state index contributed by atoms with van der Waals surface area (Å²) in [6.07, 6.45) is 0.300. The zero-order valence-corrected chi connectivity index (χ0v) is 15.2. The van der Waals surface area contributed by atoms with Crippen molar-refractivity contribution in [1.29, 1.82) is 0 Å². The van der Waals surface area contributed by atoms with E-state index in [-0.39, 0.29) is 5.91 Å². The number of thiazole rings is 1. The number of thiophene rings is 1. The van der Waals surface area contributed by atoms with Gasteiger partial charge in [-0.1, -0.05) is 0 Å². The highest BCUT2D eigenvalue weighted by molar-refractivity contribution is 7.09. The molecular weight excluding hydrogens is 342 g/mol. The highest BCUT2D eigenvalue weighted by Gasteiger charge is 2.43. The van der Waals surface area contributed by atoms with Crippen LogP contribution in [0.3, 0.4) is 0 Å². The van der Waals surface area contributed by atoms with Crippen molar-refractivity contribution in [3.63, 3.8) is 0 Å². The number of hydrogen-bond acceptors (Lipinski definition) is 6. The molecule has 5 nitrogen and oxygen atoms in total. The van der Waals surface area contributed by atoms with Gasteiger partial charge in [0, 0.05) is 53.5 Å². The van der Waals surface area contributed by atoms with Crippen LogP contribution in [0.4, 0.5) is 0 Å². The SMILES string of the molecule is Cc1csc(CN2C[C@@H]3[C@H](CNC(=O)c4ccsc4)CO[C@@H]3C2)n1. The van der Waals surface area contributed by atoms with Gasteiger partial charge >= 0.3 is 0 Å². The minimum absolute atomic E-state index is 0.0211. The Hall–Kier alpha value is -1.28. The van der Waals surface area contributed by atoms with Gasteiger partial charge in [0.1, 0.15) is 5.01 Å². The number of amides is 1. The second-order valence-corrected chi connectivity index (χ2v) is 8.32. The molecule has 0 aliphatic carbocycles. The van der Waals surface area contributed by atoms with Gasteiger partial charge in [-0.3, -0.25) is 9.69 Å². The van der Waals surface area contributed by atoms with Crippen molar-refractivity contribution >= 4 is 28.6 Å². The van der Waals surface area contributed by atoms with E-state index in [4.69, 9.17) is 4.74 Å². The summed E-state index contributed by atoms with van der Waals surface area (Å²) < 4.78 is 5.98. The van der Waals surface area contributed by atoms with Gasteiger partial charge in [0.2, 0.25) is 0 Å². The predicted molar refractivity (Wildman–Crippen MR) is 95.5 cm³/mol. The summed E-state index contributed by atoms with van der Waals surface area (Å²) in [6.45, 7) is 6.39. The van der Waals surface area contributed by atoms with E-state index in [0.29, 0.717) is 24.5 Å². The van der Waals surface area contributed by atoms with Gasteiger partial charge in [-0.2, -0.15) is 11.3 Å². The molecule has 1 amide bonds. The van der Waals surface area contributed by atoms with Gasteiger partial charge in [-0.05, 0) is 18.4 Å². The lowest BCUT2D eigenvalue weighted by Crippen LogP contribution is -2.34. The fourth-order valence-corrected chi connectivity index (χ4v) is 5.05. The first-order valence-corrected chi connectivity index (χ1v) is 10.1. The van der Waals surface area contributed by atoms with Crippen LogP contribution in [0, 0.1) is 18.8 Å². The van der Waals surface area contributed by atoms with E-state index in [1.165, 1.54) is 5.01 Å². The summed E-state index contributed by atoms with van der Waals surface area (Å²) in [4.78, 5) is 19.1. The number of likely N-dealkylation sites (tertiary alicyclic amines) is 1. The molecule has 2 fully saturated rings. The van der Waals surface area contributed by atoms with Crippen LogP contribution < -0.4 is 5.32 Å². The Morgan fingerprint density at radius 3 is 3.12 bits per heavy atom. The largest absolute Gasteiger partial charge is 0.376 e. The standard InChI is InChI=1S/C17H21N3O2S2/c1-11-9-24-16(19-11)7-20-5-14-13(8-22-15(14)6-20)4-18-17(21)12-2-3-23-10-12/h2-3,9-10,13-15H,4-8H2,1H3,(H,18,21)/t13-,14-,15-/m1/s1. The Labute approximate surface area is 149 Å². The fourth-order valence-electron chi connectivity index (χ4n) is 3.61. The molecule has 128 valence electrons. The van der Waals surface area contributed by atoms with E-state index in [0.717, 1.165) is 37.5 Å². The number of nitrogens with zero attached hydrogens (tertiary/aromatic N) is 2. The molecule has 2 saturated heterocycles. The summed E-state index contributed by atoms with van der Waals surface area (Å²) in [5, 5.41) is 10.2. The minimum Gasteiger partial charge on any atom is -0.376 e. The number of carbonyl (C=O) groups is 1. The maximum Gasteiger partial charge on any atom is 0.252 e. The molecule has 0 radical (unpaired) electrons. The average Bonchev–Trinajstić information content (AvgIpc) is 3.30. The van der Waals surface area contributed by atoms with Gasteiger partial charge in [-0.15, -0.1) is 11.3 Å². The maximum atomic E-state index is 12.1. The molecule has 1 N–H and O–H groups in total. The van der Waals surface area contributed by atoms with Crippen LogP contribution in [0.5, 0.6) is 0 Å². The van der Waals surface area contributed by atoms with Gasteiger partial charge < -0.3 is 10.1 Å². The summed E-state index contributed by atoms with van der Waals surface area (Å²) in [6, 6.07) is 1.86. The first-order chi connectivity index (χ1) is 11.7. The number of aryl methyl sites for hydroxylation is 1. The van der Waals surface area contributed by atoms with Crippen molar-refractivity contribution < 1.29 is 9.53 Å². The van der Waals surface area contributed by atoms with E-state index < -0.39 is 0 Å². The first-order valence-electron chi connectivity index (χ1n) is 8.24. The third-order valence-electron chi connectivity index (χ3n) is 4.85. The second-order valence-electron chi connectivity index (χ2n) is 6.59. The van der Waals surface area contributed by atoms with E-state index in [2.05, 4.69) is 20.6 Å². The van der Waals surface area contributed by atoms with Crippen LogP contribution >= 0.6 is 22.7 Å². The quantitative estimate of drug-likeness (QED) is 0.886. The normalized spacial score (nSPS) is 26.6. The van der Waals surface area contributed by atoms with Crippen LogP contribution in [0.2, 0.25) is 0 Å². The molecule has 0 saturated carbocycles. The number of nitrogens with one attached hydrogen (secondary N) is 1. The van der Waals surface area contributed by atoms with Crippen molar-refractivity contribution in [2.24, 2.45) is 11.8 Å². The van der Waals surface area contributed by atoms with Gasteiger partial charge in [-0.25, -0.2) is 4.98 Å². The lowest BCUT2D eigenvalue weighted by molar-refractivity contribution is 0.0904. The van der Waals surface area contributed by atoms with Crippen molar-refractivity contribution in [3.05, 3.63) is 38.5 Å². The molecule has 2 aromatic rings. The monoisotopic (exact) mass is 363 g/mol. The van der Waals surface area contributed by atoms with Crippen LogP contribution in [-0.2, 0) is 11.3 Å². The molecular formula is C17H21N3O2S2. The van der Waals surface area contributed by atoms with E-state index in [1.54, 1.807) is 22.7 Å². The molecule has 2 aromatic heterocycles. The van der Waals surface area contributed by atoms with Crippen LogP contribution in [0.15, 0.2) is 22.2 Å². The number of ether oxygens (including phenoxy) is 1. The van der Waals surface area contributed by atoms with Crippen LogP contribution in [-0.4, -0.2) is 48.1 Å². The van der Waals surface area contributed by atoms with E-state index in [1.807, 2.05) is 23.8 Å². The van der Waals surface area contributed by atoms with E-state index in [9.17, 15) is 4.79 Å². The molecule has 3 atom stereocenters. The molecule has 0 aromatic carbocycles. The molecule has 4 rings (SSSR count). The van der Waals surface area contributed by atoms with Gasteiger partial charge in [0.25, 0.3) is 5.91 Å². The maximum absolute atomic E-state index is 12.1. The summed E-state index contributed by atoms with van der Waals surface area (Å²) in [5.41, 5.74) is 1.85. The number of carbonyl (C=O) groups excluding carboxylic acids is 1. The average molecular weight is 364 g/mol. The first kappa shape index (κ1) is 16.2. The predicted octanol–water partition coefficient (Wildman–Crippen LogP) is 2.39. The lowest BCUT2D eigenvalue weighted by atomic mass is 9.93. The fraction of sp³-hybridized carbons (Fsp3) is 0.529. The van der Waals surface area contributed by atoms with Crippen LogP contribution in [0.25, 0.3) is 0 Å². The van der Waals surface area contributed by atoms with Crippen molar-refractivity contribution in [3.8, 4) is 0 Å². The lowest BCUT2D eigenvalue weighted by Gasteiger charge is -2.19. The molecule has 4 heterocycles. The van der Waals surface area contributed by atoms with Crippen molar-refractivity contribution in [2.75, 3.05) is 26.2 Å². The van der Waals surface area contributed by atoms with Gasteiger partial charge in [0.05, 0.1) is 19.3 Å². The van der Waals surface area contributed by atoms with Crippen molar-refractivity contribution in [2.45, 2.75) is 19.6 Å². The molecule has 0 bridgehead atoms. The summed E-state index contributed by atoms with van der Waals surface area (Å²) in [7, 11) is 0. The van der Waals surface area contributed by atoms with E-state index >= 15 is 0 Å². The Morgan fingerprint density at radius 2 is 2.38 bits per heavy atom. The Morgan fingerprint density at radius 1 is 1.46 bits per heavy atom. The number of rotatable bonds is 5. The molecule has 2 aliphatic heterocycles. The third-order valence-corrected chi connectivity index (χ3v) is 6.48. The molecule has 0 unspecified atom stereocenters. The Bertz CT molecular complexity index is 701. The van der Waals surface area contributed by atoms with Gasteiger partial charge in [0.15, 0.2) is 0 Å². The summed E-state index contributed by atoms with van der Waals surface area (Å²) >= 11 is 3.28. The molecule has 0 spiro atoms. The highest BCUT2D eigenvalue weighted by atomic mass is 32.1. The molecule has 7 heteroatoms. The topological polar surface area (TPSA) is 54.5 Å². The van der Waals surface area contributed by atoms with Crippen molar-refractivity contribution in [1.82, 2.24) is 15.2 Å². The highest BCUT2D eigenvalue weighted by Crippen LogP contribution is 2.34. The zero-order valence-electron chi connectivity index (χ0n) is 13.6. The second kappa shape index (κ2) is 6.92. The number of aromatic nitrogens is 1. The smallest absolute Gasteiger partial charge is 0.252 e. The number of hydrogen-bond donors (Lipinski definition) is 1. The molecule has 2 aliphatic rings. The Kier molecular flexibility index (Phi) is 4.67. The molecule has 24 heavy (non-hydrogen) atoms. The van der Waals surface area contributed by atoms with Crippen LogP contribution in [0.1, 0.15) is 21.1 Å². The number of fused-ring (bicyclic) bond motifs is 1.